The van der Waals surface area contributed by atoms with Crippen LogP contribution in [0, 0.1) is 5.82 Å². The first-order chi connectivity index (χ1) is 15.7. The summed E-state index contributed by atoms with van der Waals surface area (Å²) in [4.78, 5) is 29.6. The Bertz CT molecular complexity index is 1150. The summed E-state index contributed by atoms with van der Waals surface area (Å²) >= 11 is 12.5. The molecule has 2 aromatic carbocycles. The van der Waals surface area contributed by atoms with E-state index in [1.807, 2.05) is 13.1 Å². The number of benzene rings is 2. The summed E-state index contributed by atoms with van der Waals surface area (Å²) in [5.41, 5.74) is -0.253. The molecule has 0 unspecified atom stereocenters. The summed E-state index contributed by atoms with van der Waals surface area (Å²) in [5, 5.41) is 7.11. The molecule has 2 N–H and O–H groups in total. The van der Waals surface area contributed by atoms with Crippen molar-refractivity contribution in [3.63, 3.8) is 0 Å². The lowest BCUT2D eigenvalue weighted by atomic mass is 9.56. The maximum absolute atomic E-state index is 15.6. The third kappa shape index (κ3) is 3.11. The van der Waals surface area contributed by atoms with Gasteiger partial charge < -0.3 is 10.2 Å². The Morgan fingerprint density at radius 2 is 1.94 bits per heavy atom. The van der Waals surface area contributed by atoms with E-state index >= 15 is 4.39 Å². The number of ketones is 1. The number of carbonyl (C=O) groups excluding carboxylic acids is 2. The molecule has 0 aliphatic carbocycles. The van der Waals surface area contributed by atoms with Crippen LogP contribution in [0.15, 0.2) is 36.4 Å². The molecule has 0 aromatic heterocycles. The number of hydrogen-bond donors (Lipinski definition) is 2. The minimum atomic E-state index is -1.19. The molecule has 3 atom stereocenters. The fraction of sp³-hybridized carbons (Fsp3) is 0.440. The molecule has 8 heteroatoms. The molecule has 1 amide bonds. The molecular weight excluding hydrogens is 464 g/mol. The van der Waals surface area contributed by atoms with Crippen LogP contribution in [0.2, 0.25) is 10.0 Å². The molecule has 2 aromatic rings. The second-order valence-corrected chi connectivity index (χ2v) is 10.2. The monoisotopic (exact) mass is 489 g/mol. The summed E-state index contributed by atoms with van der Waals surface area (Å²) in [5.74, 6) is -1.62. The Balaban J connectivity index is 1.84. The molecule has 3 aliphatic heterocycles. The Kier molecular flexibility index (Phi) is 5.56. The van der Waals surface area contributed by atoms with Gasteiger partial charge in [-0.05, 0) is 62.3 Å². The number of Topliss-reactive ketones (excluding diaryl/α,β-unsaturated/α-hetero) is 1. The lowest BCUT2D eigenvalue weighted by Crippen LogP contribution is -2.63. The van der Waals surface area contributed by atoms with E-state index in [9.17, 15) is 9.59 Å². The molecule has 33 heavy (non-hydrogen) atoms. The minimum Gasteiger partial charge on any atom is -0.325 e. The topological polar surface area (TPSA) is 61.4 Å². The van der Waals surface area contributed by atoms with Gasteiger partial charge in [-0.15, -0.1) is 0 Å². The number of carbonyl (C=O) groups is 2. The van der Waals surface area contributed by atoms with Crippen LogP contribution in [0.3, 0.4) is 0 Å². The second kappa shape index (κ2) is 8.05. The summed E-state index contributed by atoms with van der Waals surface area (Å²) in [6.45, 7) is 3.30. The standard InChI is InChI=1S/C25H26Cl2FN3O2/c1-3-19(32)22-20(15-5-4-6-17(27)21(15)28)25(24(30-22)9-11-31(2)12-10-24)16-8-7-14(26)13-18(16)29-23(25)33/h4-8,13,20,22,30H,3,9-12H2,1-2H3,(H,29,33)/t20-,22-,25-/m0/s1. The Labute approximate surface area is 202 Å². The number of fused-ring (bicyclic) bond motifs is 3. The third-order valence-electron chi connectivity index (χ3n) is 7.85. The van der Waals surface area contributed by atoms with Gasteiger partial charge in [0.05, 0.1) is 11.1 Å². The second-order valence-electron chi connectivity index (χ2n) is 9.40. The van der Waals surface area contributed by atoms with E-state index in [4.69, 9.17) is 23.2 Å². The van der Waals surface area contributed by atoms with Crippen LogP contribution < -0.4 is 10.6 Å². The molecule has 5 rings (SSSR count). The number of likely N-dealkylation sites (tertiary alicyclic amines) is 1. The van der Waals surface area contributed by atoms with Gasteiger partial charge in [0.2, 0.25) is 5.91 Å². The van der Waals surface area contributed by atoms with Crippen LogP contribution in [0.5, 0.6) is 0 Å². The minimum absolute atomic E-state index is 0.0237. The average molecular weight is 490 g/mol. The van der Waals surface area contributed by atoms with Crippen LogP contribution in [0.25, 0.3) is 0 Å². The number of anilines is 1. The highest BCUT2D eigenvalue weighted by atomic mass is 35.5. The number of amides is 1. The third-order valence-corrected chi connectivity index (χ3v) is 8.38. The van der Waals surface area contributed by atoms with Gasteiger partial charge in [0.15, 0.2) is 0 Å². The molecule has 0 saturated carbocycles. The highest BCUT2D eigenvalue weighted by Crippen LogP contribution is 2.62. The van der Waals surface area contributed by atoms with E-state index in [2.05, 4.69) is 15.5 Å². The molecule has 2 fully saturated rings. The quantitative estimate of drug-likeness (QED) is 0.665. The number of rotatable bonds is 3. The molecule has 0 bridgehead atoms. The van der Waals surface area contributed by atoms with Gasteiger partial charge >= 0.3 is 0 Å². The molecule has 2 spiro atoms. The first-order valence-electron chi connectivity index (χ1n) is 11.3. The zero-order chi connectivity index (χ0) is 23.5. The number of halogens is 3. The Hall–Kier alpha value is -1.99. The number of hydrogen-bond acceptors (Lipinski definition) is 4. The van der Waals surface area contributed by atoms with Crippen molar-refractivity contribution in [2.24, 2.45) is 0 Å². The van der Waals surface area contributed by atoms with Gasteiger partial charge in [-0.3, -0.25) is 14.9 Å². The van der Waals surface area contributed by atoms with E-state index in [0.717, 1.165) is 18.7 Å². The number of nitrogens with zero attached hydrogens (tertiary/aromatic N) is 1. The van der Waals surface area contributed by atoms with Crippen LogP contribution in [0.1, 0.15) is 43.2 Å². The summed E-state index contributed by atoms with van der Waals surface area (Å²) < 4.78 is 15.6. The lowest BCUT2D eigenvalue weighted by molar-refractivity contribution is -0.124. The largest absolute Gasteiger partial charge is 0.325 e. The molecular formula is C25H26Cl2FN3O2. The van der Waals surface area contributed by atoms with Crippen molar-refractivity contribution in [3.05, 3.63) is 63.4 Å². The van der Waals surface area contributed by atoms with Crippen molar-refractivity contribution in [1.29, 1.82) is 0 Å². The van der Waals surface area contributed by atoms with Crippen molar-refractivity contribution in [2.45, 2.75) is 49.1 Å². The fourth-order valence-electron chi connectivity index (χ4n) is 6.33. The smallest absolute Gasteiger partial charge is 0.237 e. The van der Waals surface area contributed by atoms with Gasteiger partial charge in [0.1, 0.15) is 17.0 Å². The maximum atomic E-state index is 15.6. The Morgan fingerprint density at radius 1 is 1.21 bits per heavy atom. The summed E-state index contributed by atoms with van der Waals surface area (Å²) in [6, 6.07) is 9.43. The van der Waals surface area contributed by atoms with Gasteiger partial charge in [-0.1, -0.05) is 48.3 Å². The zero-order valence-corrected chi connectivity index (χ0v) is 20.1. The number of nitrogens with one attached hydrogen (secondary N) is 2. The first-order valence-corrected chi connectivity index (χ1v) is 12.0. The SMILES string of the molecule is CCC(=O)[C@@H]1NC2(CCN(C)CC2)[C@]2(C(=O)Nc3cc(Cl)ccc32)[C@H]1c1cccc(Cl)c1F. The van der Waals surface area contributed by atoms with E-state index in [1.54, 1.807) is 31.2 Å². The van der Waals surface area contributed by atoms with Crippen molar-refractivity contribution in [2.75, 3.05) is 25.5 Å². The zero-order valence-electron chi connectivity index (χ0n) is 18.6. The highest BCUT2D eigenvalue weighted by Gasteiger charge is 2.72. The van der Waals surface area contributed by atoms with Crippen LogP contribution in [-0.2, 0) is 15.0 Å². The van der Waals surface area contributed by atoms with Crippen LogP contribution in [0.4, 0.5) is 10.1 Å². The molecule has 3 heterocycles. The van der Waals surface area contributed by atoms with Crippen LogP contribution in [-0.4, -0.2) is 48.3 Å². The van der Waals surface area contributed by atoms with Crippen molar-refractivity contribution in [1.82, 2.24) is 10.2 Å². The van der Waals surface area contributed by atoms with Crippen molar-refractivity contribution in [3.8, 4) is 0 Å². The first kappa shape index (κ1) is 22.8. The van der Waals surface area contributed by atoms with E-state index in [0.29, 0.717) is 23.6 Å². The van der Waals surface area contributed by atoms with E-state index < -0.39 is 28.7 Å². The summed E-state index contributed by atoms with van der Waals surface area (Å²) in [6.07, 6.45) is 1.56. The Morgan fingerprint density at radius 3 is 2.64 bits per heavy atom. The fourth-order valence-corrected chi connectivity index (χ4v) is 6.69. The normalized spacial score (nSPS) is 28.3. The molecule has 5 nitrogen and oxygen atoms in total. The van der Waals surface area contributed by atoms with Crippen LogP contribution >= 0.6 is 23.2 Å². The lowest BCUT2D eigenvalue weighted by Gasteiger charge is -2.48. The predicted octanol–water partition coefficient (Wildman–Crippen LogP) is 4.52. The summed E-state index contributed by atoms with van der Waals surface area (Å²) in [7, 11) is 2.04. The van der Waals surface area contributed by atoms with Gasteiger partial charge in [-0.2, -0.15) is 0 Å². The van der Waals surface area contributed by atoms with Gasteiger partial charge in [0.25, 0.3) is 0 Å². The molecule has 174 valence electrons. The van der Waals surface area contributed by atoms with E-state index in [-0.39, 0.29) is 28.7 Å². The predicted molar refractivity (Wildman–Crippen MR) is 128 cm³/mol. The average Bonchev–Trinajstić information content (AvgIpc) is 3.25. The van der Waals surface area contributed by atoms with Crippen molar-refractivity contribution < 1.29 is 14.0 Å². The van der Waals surface area contributed by atoms with Crippen molar-refractivity contribution >= 4 is 40.6 Å². The highest BCUT2D eigenvalue weighted by molar-refractivity contribution is 6.31. The molecule has 2 saturated heterocycles. The van der Waals surface area contributed by atoms with E-state index in [1.165, 1.54) is 6.07 Å². The van der Waals surface area contributed by atoms with Gasteiger partial charge in [-0.25, -0.2) is 4.39 Å². The van der Waals surface area contributed by atoms with Gasteiger partial charge in [0, 0.05) is 28.6 Å². The number of piperidine rings is 1. The maximum Gasteiger partial charge on any atom is 0.237 e. The molecule has 0 radical (unpaired) electrons. The molecule has 3 aliphatic rings.